The van der Waals surface area contributed by atoms with Crippen molar-refractivity contribution in [3.63, 3.8) is 0 Å². The second-order valence-corrected chi connectivity index (χ2v) is 11.7. The van der Waals surface area contributed by atoms with Crippen LogP contribution in [-0.2, 0) is 13.0 Å². The van der Waals surface area contributed by atoms with E-state index in [0.717, 1.165) is 46.3 Å². The van der Waals surface area contributed by atoms with Gasteiger partial charge in [0.1, 0.15) is 17.4 Å². The molecule has 2 aromatic heterocycles. The van der Waals surface area contributed by atoms with Crippen molar-refractivity contribution in [1.29, 1.82) is 0 Å². The van der Waals surface area contributed by atoms with E-state index in [9.17, 15) is 9.59 Å². The molecule has 2 aromatic carbocycles. The molecule has 5 rings (SSSR count). The molecular formula is C30H35N5O3S. The molecule has 1 saturated heterocycles. The molecule has 3 unspecified atom stereocenters. The van der Waals surface area contributed by atoms with Gasteiger partial charge >= 0.3 is 4.87 Å². The highest BCUT2D eigenvalue weighted by atomic mass is 32.1. The van der Waals surface area contributed by atoms with Gasteiger partial charge in [0.05, 0.1) is 5.52 Å². The minimum Gasteiger partial charge on any atom is -0.489 e. The van der Waals surface area contributed by atoms with Gasteiger partial charge in [0.15, 0.2) is 0 Å². The summed E-state index contributed by atoms with van der Waals surface area (Å²) in [6.07, 6.45) is 2.48. The quantitative estimate of drug-likeness (QED) is 0.332. The van der Waals surface area contributed by atoms with Gasteiger partial charge in [-0.2, -0.15) is 5.10 Å². The number of fused-ring (bicyclic) bond motifs is 1. The van der Waals surface area contributed by atoms with Gasteiger partial charge in [-0.05, 0) is 83.0 Å². The molecule has 1 fully saturated rings. The summed E-state index contributed by atoms with van der Waals surface area (Å²) in [5.74, 6) is 0.848. The molecule has 0 radical (unpaired) electrons. The summed E-state index contributed by atoms with van der Waals surface area (Å²) in [4.78, 5) is 31.8. The number of aromatic amines is 1. The van der Waals surface area contributed by atoms with Crippen LogP contribution in [0.1, 0.15) is 53.3 Å². The second kappa shape index (κ2) is 11.7. The average molecular weight is 546 g/mol. The summed E-state index contributed by atoms with van der Waals surface area (Å²) in [5.41, 5.74) is 3.55. The largest absolute Gasteiger partial charge is 0.489 e. The minimum absolute atomic E-state index is 0.116. The van der Waals surface area contributed by atoms with Crippen LogP contribution in [0.15, 0.2) is 59.4 Å². The molecular weight excluding hydrogens is 510 g/mol. The Morgan fingerprint density at radius 1 is 1.15 bits per heavy atom. The van der Waals surface area contributed by atoms with E-state index in [1.165, 1.54) is 0 Å². The van der Waals surface area contributed by atoms with Crippen LogP contribution in [0.4, 0.5) is 0 Å². The van der Waals surface area contributed by atoms with Gasteiger partial charge in [-0.15, -0.1) is 0 Å². The van der Waals surface area contributed by atoms with E-state index in [4.69, 9.17) is 4.74 Å². The third-order valence-electron chi connectivity index (χ3n) is 7.88. The number of rotatable bonds is 8. The lowest BCUT2D eigenvalue weighted by Gasteiger charge is -2.43. The number of ether oxygens (including phenoxy) is 1. The van der Waals surface area contributed by atoms with Gasteiger partial charge in [0.25, 0.3) is 5.91 Å². The fourth-order valence-electron chi connectivity index (χ4n) is 5.57. The molecule has 39 heavy (non-hydrogen) atoms. The Labute approximate surface area is 232 Å². The first-order chi connectivity index (χ1) is 18.8. The summed E-state index contributed by atoms with van der Waals surface area (Å²) in [6, 6.07) is 18.1. The molecule has 0 aliphatic carbocycles. The molecule has 4 aromatic rings. The maximum atomic E-state index is 13.3. The Hall–Kier alpha value is -3.56. The Balaban J connectivity index is 1.27. The molecule has 8 nitrogen and oxygen atoms in total. The lowest BCUT2D eigenvalue weighted by Crippen LogP contribution is -2.51. The highest BCUT2D eigenvalue weighted by Gasteiger charge is 2.34. The lowest BCUT2D eigenvalue weighted by molar-refractivity contribution is 0.0718. The standard InChI is InChI=1S/C30H35N5O3S/c1-18-13-23(25-7-5-6-8-26(25)31-18)17-38-24-11-9-21(10-12-24)29(36)32-27(16-28-33-34-30(37)39-28)22-14-19(2)35(4)20(3)15-22/h5-13,19-20,22,27H,14-17H2,1-4H3,(H,32,36)(H,34,37). The number of benzene rings is 2. The SMILES string of the molecule is Cc1cc(COc2ccc(C(=O)NC(Cc3n[nH]c(=O)s3)C3CC(C)N(C)C(C)C3)cc2)c2ccccc2n1. The predicted molar refractivity (Wildman–Crippen MR) is 154 cm³/mol. The van der Waals surface area contributed by atoms with E-state index < -0.39 is 0 Å². The van der Waals surface area contributed by atoms with Gasteiger partial charge in [-0.25, -0.2) is 5.10 Å². The van der Waals surface area contributed by atoms with Gasteiger partial charge in [0, 0.05) is 46.8 Å². The minimum atomic E-state index is -0.175. The lowest BCUT2D eigenvalue weighted by atomic mass is 9.81. The van der Waals surface area contributed by atoms with E-state index in [2.05, 4.69) is 52.4 Å². The molecule has 0 bridgehead atoms. The highest BCUT2D eigenvalue weighted by molar-refractivity contribution is 7.08. The van der Waals surface area contributed by atoms with Gasteiger partial charge < -0.3 is 15.0 Å². The number of hydrogen-bond donors (Lipinski definition) is 2. The number of likely N-dealkylation sites (tertiary alicyclic amines) is 1. The van der Waals surface area contributed by atoms with Crippen molar-refractivity contribution >= 4 is 28.1 Å². The molecule has 1 amide bonds. The molecule has 1 aliphatic heterocycles. The Morgan fingerprint density at radius 2 is 1.87 bits per heavy atom. The van der Waals surface area contributed by atoms with Crippen LogP contribution in [0.25, 0.3) is 10.9 Å². The zero-order valence-corrected chi connectivity index (χ0v) is 23.6. The maximum absolute atomic E-state index is 13.3. The van der Waals surface area contributed by atoms with Gasteiger partial charge in [-0.1, -0.05) is 29.5 Å². The van der Waals surface area contributed by atoms with Crippen LogP contribution in [-0.4, -0.2) is 51.2 Å². The summed E-state index contributed by atoms with van der Waals surface area (Å²) in [6.45, 7) is 6.85. The molecule has 204 valence electrons. The van der Waals surface area contributed by atoms with E-state index >= 15 is 0 Å². The molecule has 9 heteroatoms. The highest BCUT2D eigenvalue weighted by Crippen LogP contribution is 2.30. The number of piperidine rings is 1. The molecule has 0 spiro atoms. The Bertz CT molecular complexity index is 1490. The van der Waals surface area contributed by atoms with Crippen LogP contribution in [0, 0.1) is 12.8 Å². The number of carbonyl (C=O) groups is 1. The molecule has 1 aliphatic rings. The van der Waals surface area contributed by atoms with Crippen molar-refractivity contribution in [3.05, 3.63) is 86.1 Å². The second-order valence-electron chi connectivity index (χ2n) is 10.6. The zero-order valence-electron chi connectivity index (χ0n) is 22.8. The number of amides is 1. The number of nitrogens with zero attached hydrogens (tertiary/aromatic N) is 3. The average Bonchev–Trinajstić information content (AvgIpc) is 3.34. The van der Waals surface area contributed by atoms with Crippen LogP contribution in [0.5, 0.6) is 5.75 Å². The summed E-state index contributed by atoms with van der Waals surface area (Å²) in [5, 5.41) is 11.7. The first-order valence-corrected chi connectivity index (χ1v) is 14.2. The monoisotopic (exact) mass is 545 g/mol. The number of aryl methyl sites for hydroxylation is 1. The van der Waals surface area contributed by atoms with Crippen LogP contribution in [0.3, 0.4) is 0 Å². The molecule has 3 heterocycles. The number of nitrogens with one attached hydrogen (secondary N) is 2. The van der Waals surface area contributed by atoms with Gasteiger partial charge in [-0.3, -0.25) is 14.6 Å². The molecule has 3 atom stereocenters. The summed E-state index contributed by atoms with van der Waals surface area (Å²) in [7, 11) is 2.15. The van der Waals surface area contributed by atoms with Crippen LogP contribution >= 0.6 is 11.3 Å². The van der Waals surface area contributed by atoms with Crippen molar-refractivity contribution in [3.8, 4) is 5.75 Å². The summed E-state index contributed by atoms with van der Waals surface area (Å²) >= 11 is 1.11. The predicted octanol–water partition coefficient (Wildman–Crippen LogP) is 4.73. The molecule has 2 N–H and O–H groups in total. The van der Waals surface area contributed by atoms with Crippen molar-refractivity contribution in [2.75, 3.05) is 7.05 Å². The number of H-pyrrole nitrogens is 1. The van der Waals surface area contributed by atoms with Crippen molar-refractivity contribution in [1.82, 2.24) is 25.4 Å². The van der Waals surface area contributed by atoms with E-state index in [0.29, 0.717) is 41.4 Å². The number of pyridine rings is 1. The molecule has 0 saturated carbocycles. The fraction of sp³-hybridized carbons (Fsp3) is 0.400. The first-order valence-electron chi connectivity index (χ1n) is 13.4. The number of aromatic nitrogens is 3. The third-order valence-corrected chi connectivity index (χ3v) is 8.65. The van der Waals surface area contributed by atoms with Crippen LogP contribution in [0.2, 0.25) is 0 Å². The normalized spacial score (nSPS) is 20.6. The van der Waals surface area contributed by atoms with Crippen molar-refractivity contribution in [2.45, 2.75) is 64.8 Å². The fourth-order valence-corrected chi connectivity index (χ4v) is 6.23. The van der Waals surface area contributed by atoms with Gasteiger partial charge in [0.2, 0.25) is 0 Å². The van der Waals surface area contributed by atoms with Crippen LogP contribution < -0.4 is 14.9 Å². The number of carbonyl (C=O) groups excluding carboxylic acids is 1. The smallest absolute Gasteiger partial charge is 0.322 e. The number of hydrogen-bond acceptors (Lipinski definition) is 7. The Morgan fingerprint density at radius 3 is 2.56 bits per heavy atom. The van der Waals surface area contributed by atoms with Crippen molar-refractivity contribution < 1.29 is 9.53 Å². The van der Waals surface area contributed by atoms with E-state index in [1.807, 2.05) is 43.3 Å². The zero-order chi connectivity index (χ0) is 27.5. The van der Waals surface area contributed by atoms with E-state index in [-0.39, 0.29) is 22.7 Å². The maximum Gasteiger partial charge on any atom is 0.322 e. The number of para-hydroxylation sites is 1. The Kier molecular flexibility index (Phi) is 8.09. The third kappa shape index (κ3) is 6.37. The summed E-state index contributed by atoms with van der Waals surface area (Å²) < 4.78 is 6.08. The topological polar surface area (TPSA) is 100 Å². The van der Waals surface area contributed by atoms with E-state index in [1.54, 1.807) is 12.1 Å². The first kappa shape index (κ1) is 27.0. The van der Waals surface area contributed by atoms with Crippen molar-refractivity contribution in [2.24, 2.45) is 5.92 Å².